The third-order valence-electron chi connectivity index (χ3n) is 2.76. The van der Waals surface area contributed by atoms with Crippen LogP contribution in [0.25, 0.3) is 0 Å². The molecule has 0 bridgehead atoms. The maximum Gasteiger partial charge on any atom is 0.0437 e. The van der Waals surface area contributed by atoms with E-state index in [1.54, 1.807) is 0 Å². The Kier molecular flexibility index (Phi) is 2.05. The number of para-hydroxylation sites is 1. The van der Waals surface area contributed by atoms with Crippen LogP contribution in [0, 0.1) is 11.3 Å². The SMILES string of the molecule is N=C(c1ccccc1N)C1CCC1. The molecule has 13 heavy (non-hydrogen) atoms. The summed E-state index contributed by atoms with van der Waals surface area (Å²) in [5, 5.41) is 7.95. The molecule has 2 rings (SSSR count). The molecule has 1 aliphatic carbocycles. The van der Waals surface area contributed by atoms with E-state index in [0.717, 1.165) is 29.8 Å². The summed E-state index contributed by atoms with van der Waals surface area (Å²) in [6, 6.07) is 7.66. The second kappa shape index (κ2) is 3.21. The number of nitrogens with one attached hydrogen (secondary N) is 1. The van der Waals surface area contributed by atoms with Gasteiger partial charge in [-0.2, -0.15) is 0 Å². The van der Waals surface area contributed by atoms with Crippen LogP contribution in [0.1, 0.15) is 24.8 Å². The van der Waals surface area contributed by atoms with Crippen molar-refractivity contribution in [1.29, 1.82) is 5.41 Å². The van der Waals surface area contributed by atoms with Gasteiger partial charge in [-0.05, 0) is 18.9 Å². The van der Waals surface area contributed by atoms with Gasteiger partial charge in [0.25, 0.3) is 0 Å². The minimum absolute atomic E-state index is 0.463. The van der Waals surface area contributed by atoms with E-state index in [1.807, 2.05) is 24.3 Å². The van der Waals surface area contributed by atoms with Crippen molar-refractivity contribution in [2.24, 2.45) is 5.92 Å². The fourth-order valence-corrected chi connectivity index (χ4v) is 1.66. The summed E-state index contributed by atoms with van der Waals surface area (Å²) in [5.74, 6) is 0.463. The molecule has 3 N–H and O–H groups in total. The third-order valence-corrected chi connectivity index (χ3v) is 2.76. The zero-order valence-electron chi connectivity index (χ0n) is 7.59. The smallest absolute Gasteiger partial charge is 0.0437 e. The van der Waals surface area contributed by atoms with Crippen molar-refractivity contribution in [3.8, 4) is 0 Å². The van der Waals surface area contributed by atoms with Gasteiger partial charge in [0.2, 0.25) is 0 Å². The minimum Gasteiger partial charge on any atom is -0.398 e. The fourth-order valence-electron chi connectivity index (χ4n) is 1.66. The molecule has 68 valence electrons. The zero-order chi connectivity index (χ0) is 9.26. The van der Waals surface area contributed by atoms with Gasteiger partial charge >= 0.3 is 0 Å². The standard InChI is InChI=1S/C11H14N2/c12-10-7-2-1-6-9(10)11(13)8-4-3-5-8/h1-2,6-8,13H,3-5,12H2. The van der Waals surface area contributed by atoms with Crippen molar-refractivity contribution in [2.45, 2.75) is 19.3 Å². The third kappa shape index (κ3) is 1.44. The molecule has 0 unspecified atom stereocenters. The van der Waals surface area contributed by atoms with E-state index in [1.165, 1.54) is 6.42 Å². The summed E-state index contributed by atoms with van der Waals surface area (Å²) in [5.41, 5.74) is 8.18. The quantitative estimate of drug-likeness (QED) is 0.525. The molecule has 1 fully saturated rings. The molecule has 1 aliphatic rings. The number of hydrogen-bond acceptors (Lipinski definition) is 2. The van der Waals surface area contributed by atoms with Gasteiger partial charge in [0.1, 0.15) is 0 Å². The van der Waals surface area contributed by atoms with E-state index in [-0.39, 0.29) is 0 Å². The molecule has 1 aromatic rings. The van der Waals surface area contributed by atoms with E-state index in [4.69, 9.17) is 11.1 Å². The van der Waals surface area contributed by atoms with Gasteiger partial charge in [-0.15, -0.1) is 0 Å². The lowest BCUT2D eigenvalue weighted by Crippen LogP contribution is -2.22. The van der Waals surface area contributed by atoms with Crippen LogP contribution in [0.5, 0.6) is 0 Å². The summed E-state index contributed by atoms with van der Waals surface area (Å²) >= 11 is 0. The van der Waals surface area contributed by atoms with Crippen molar-refractivity contribution < 1.29 is 0 Å². The van der Waals surface area contributed by atoms with E-state index in [9.17, 15) is 0 Å². The minimum atomic E-state index is 0.463. The lowest BCUT2D eigenvalue weighted by atomic mass is 9.79. The highest BCUT2D eigenvalue weighted by atomic mass is 14.6. The Balaban J connectivity index is 2.24. The Bertz CT molecular complexity index is 327. The Morgan fingerprint density at radius 2 is 2.00 bits per heavy atom. The average Bonchev–Trinajstić information content (AvgIpc) is 2.01. The summed E-state index contributed by atoms with van der Waals surface area (Å²) < 4.78 is 0. The highest BCUT2D eigenvalue weighted by Crippen LogP contribution is 2.31. The lowest BCUT2D eigenvalue weighted by Gasteiger charge is -2.26. The normalized spacial score (nSPS) is 16.6. The van der Waals surface area contributed by atoms with Gasteiger partial charge < -0.3 is 11.1 Å². The molecule has 0 aromatic heterocycles. The fraction of sp³-hybridized carbons (Fsp3) is 0.364. The van der Waals surface area contributed by atoms with Crippen molar-refractivity contribution in [1.82, 2.24) is 0 Å². The predicted octanol–water partition coefficient (Wildman–Crippen LogP) is 2.44. The maximum absolute atomic E-state index is 7.95. The first-order chi connectivity index (χ1) is 6.29. The van der Waals surface area contributed by atoms with Crippen LogP contribution < -0.4 is 5.73 Å². The van der Waals surface area contributed by atoms with Gasteiger partial charge in [-0.3, -0.25) is 0 Å². The van der Waals surface area contributed by atoms with Gasteiger partial charge in [-0.1, -0.05) is 24.6 Å². The van der Waals surface area contributed by atoms with Gasteiger partial charge in [0.05, 0.1) is 0 Å². The second-order valence-electron chi connectivity index (χ2n) is 3.63. The van der Waals surface area contributed by atoms with Crippen molar-refractivity contribution in [2.75, 3.05) is 5.73 Å². The Morgan fingerprint density at radius 3 is 2.54 bits per heavy atom. The molecule has 0 spiro atoms. The number of benzene rings is 1. The molecule has 0 atom stereocenters. The topological polar surface area (TPSA) is 49.9 Å². The Morgan fingerprint density at radius 1 is 1.31 bits per heavy atom. The molecular weight excluding hydrogens is 160 g/mol. The molecule has 0 radical (unpaired) electrons. The van der Waals surface area contributed by atoms with E-state index in [0.29, 0.717) is 5.92 Å². The predicted molar refractivity (Wildman–Crippen MR) is 55.0 cm³/mol. The maximum atomic E-state index is 7.95. The van der Waals surface area contributed by atoms with Crippen molar-refractivity contribution >= 4 is 11.4 Å². The van der Waals surface area contributed by atoms with Crippen molar-refractivity contribution in [3.05, 3.63) is 29.8 Å². The van der Waals surface area contributed by atoms with E-state index >= 15 is 0 Å². The zero-order valence-corrected chi connectivity index (χ0v) is 7.59. The lowest BCUT2D eigenvalue weighted by molar-refractivity contribution is 0.412. The number of nitrogen functional groups attached to an aromatic ring is 1. The first kappa shape index (κ1) is 8.30. The largest absolute Gasteiger partial charge is 0.398 e. The second-order valence-corrected chi connectivity index (χ2v) is 3.63. The Labute approximate surface area is 78.3 Å². The van der Waals surface area contributed by atoms with Crippen LogP contribution in [0.3, 0.4) is 0 Å². The first-order valence-electron chi connectivity index (χ1n) is 4.72. The molecule has 0 heterocycles. The number of nitrogens with two attached hydrogens (primary N) is 1. The van der Waals surface area contributed by atoms with Gasteiger partial charge in [0, 0.05) is 22.9 Å². The Hall–Kier alpha value is -1.31. The summed E-state index contributed by atoms with van der Waals surface area (Å²) in [4.78, 5) is 0. The molecular formula is C11H14N2. The molecule has 0 amide bonds. The molecule has 0 saturated heterocycles. The van der Waals surface area contributed by atoms with Crippen LogP contribution in [0.15, 0.2) is 24.3 Å². The molecule has 1 aromatic carbocycles. The van der Waals surface area contributed by atoms with Crippen LogP contribution >= 0.6 is 0 Å². The molecule has 1 saturated carbocycles. The van der Waals surface area contributed by atoms with Crippen LogP contribution in [0.2, 0.25) is 0 Å². The molecule has 0 aliphatic heterocycles. The highest BCUT2D eigenvalue weighted by Gasteiger charge is 2.23. The van der Waals surface area contributed by atoms with Gasteiger partial charge in [0.15, 0.2) is 0 Å². The summed E-state index contributed by atoms with van der Waals surface area (Å²) in [7, 11) is 0. The van der Waals surface area contributed by atoms with Gasteiger partial charge in [-0.25, -0.2) is 0 Å². The summed E-state index contributed by atoms with van der Waals surface area (Å²) in [6.45, 7) is 0. The number of rotatable bonds is 2. The average molecular weight is 174 g/mol. The molecule has 2 heteroatoms. The number of anilines is 1. The van der Waals surface area contributed by atoms with Crippen LogP contribution in [-0.2, 0) is 0 Å². The first-order valence-corrected chi connectivity index (χ1v) is 4.72. The monoisotopic (exact) mass is 174 g/mol. The van der Waals surface area contributed by atoms with Crippen LogP contribution in [-0.4, -0.2) is 5.71 Å². The number of hydrogen-bond donors (Lipinski definition) is 2. The summed E-state index contributed by atoms with van der Waals surface area (Å²) in [6.07, 6.45) is 3.58. The van der Waals surface area contributed by atoms with E-state index < -0.39 is 0 Å². The molecule has 2 nitrogen and oxygen atoms in total. The van der Waals surface area contributed by atoms with Crippen molar-refractivity contribution in [3.63, 3.8) is 0 Å². The van der Waals surface area contributed by atoms with E-state index in [2.05, 4.69) is 0 Å². The highest BCUT2D eigenvalue weighted by molar-refractivity contribution is 6.04. The van der Waals surface area contributed by atoms with Crippen LogP contribution in [0.4, 0.5) is 5.69 Å².